The number of piperazine rings is 1. The number of hydrogen-bond acceptors (Lipinski definition) is 8. The van der Waals surface area contributed by atoms with E-state index in [-0.39, 0.29) is 5.91 Å². The van der Waals surface area contributed by atoms with Crippen LogP contribution in [0.2, 0.25) is 0 Å². The normalized spacial score (nSPS) is 13.7. The van der Waals surface area contributed by atoms with Gasteiger partial charge in [-0.05, 0) is 68.3 Å². The van der Waals surface area contributed by atoms with Gasteiger partial charge in [0.05, 0.1) is 26.4 Å². The summed E-state index contributed by atoms with van der Waals surface area (Å²) >= 11 is 0. The highest BCUT2D eigenvalue weighted by molar-refractivity contribution is 5.92. The molecule has 0 N–H and O–H groups in total. The number of nitrogens with zero attached hydrogens (tertiary/aromatic N) is 5. The molecule has 0 radical (unpaired) electrons. The van der Waals surface area contributed by atoms with Crippen LogP contribution in [0.25, 0.3) is 11.1 Å². The minimum absolute atomic E-state index is 0.0835. The van der Waals surface area contributed by atoms with Crippen molar-refractivity contribution in [2.24, 2.45) is 0 Å². The van der Waals surface area contributed by atoms with Crippen LogP contribution in [0.5, 0.6) is 17.2 Å². The molecule has 1 aliphatic rings. The molecule has 2 aromatic carbocycles. The van der Waals surface area contributed by atoms with Crippen LogP contribution in [-0.2, 0) is 6.54 Å². The van der Waals surface area contributed by atoms with Gasteiger partial charge in [-0.2, -0.15) is 0 Å². The number of methoxy groups -OCH3 is 2. The van der Waals surface area contributed by atoms with Crippen molar-refractivity contribution < 1.29 is 19.0 Å². The average molecular weight is 534 g/mol. The van der Waals surface area contributed by atoms with Gasteiger partial charge in [-0.3, -0.25) is 9.69 Å². The summed E-state index contributed by atoms with van der Waals surface area (Å²) in [5.41, 5.74) is 3.47. The van der Waals surface area contributed by atoms with Crippen LogP contribution in [0.15, 0.2) is 48.5 Å². The maximum atomic E-state index is 12.5. The molecule has 208 valence electrons. The largest absolute Gasteiger partial charge is 0.496 e. The third-order valence-corrected chi connectivity index (χ3v) is 7.08. The number of anilines is 1. The molecule has 2 heterocycles. The second-order valence-electron chi connectivity index (χ2n) is 9.34. The fourth-order valence-electron chi connectivity index (χ4n) is 4.88. The van der Waals surface area contributed by atoms with Crippen molar-refractivity contribution in [2.75, 3.05) is 65.0 Å². The third kappa shape index (κ3) is 6.60. The fraction of sp³-hybridized carbons (Fsp3) is 0.433. The molecule has 0 aliphatic carbocycles. The first-order chi connectivity index (χ1) is 19.0. The van der Waals surface area contributed by atoms with Crippen molar-refractivity contribution in [2.45, 2.75) is 27.3 Å². The number of aromatic nitrogens is 2. The molecule has 0 saturated carbocycles. The summed E-state index contributed by atoms with van der Waals surface area (Å²) < 4.78 is 17.3. The number of benzene rings is 2. The molecule has 39 heavy (non-hydrogen) atoms. The minimum Gasteiger partial charge on any atom is -0.496 e. The highest BCUT2D eigenvalue weighted by Crippen LogP contribution is 2.37. The number of rotatable bonds is 11. The average Bonchev–Trinajstić information content (AvgIpc) is 2.98. The quantitative estimate of drug-likeness (QED) is 0.360. The first-order valence-corrected chi connectivity index (χ1v) is 13.6. The van der Waals surface area contributed by atoms with Crippen LogP contribution in [0.4, 0.5) is 5.82 Å². The number of carbonyl (C=O) groups excluding carboxylic acids is 1. The van der Waals surface area contributed by atoms with Crippen LogP contribution in [0.1, 0.15) is 36.8 Å². The topological polar surface area (TPSA) is 80.3 Å². The molecule has 0 unspecified atom stereocenters. The van der Waals surface area contributed by atoms with E-state index in [0.717, 1.165) is 65.9 Å². The Morgan fingerprint density at radius 3 is 2.13 bits per heavy atom. The van der Waals surface area contributed by atoms with Gasteiger partial charge in [0.15, 0.2) is 11.5 Å². The minimum atomic E-state index is -0.0835. The first kappa shape index (κ1) is 28.2. The van der Waals surface area contributed by atoms with Gasteiger partial charge in [-0.15, -0.1) is 10.2 Å². The highest BCUT2D eigenvalue weighted by atomic mass is 16.5. The van der Waals surface area contributed by atoms with E-state index >= 15 is 0 Å². The van der Waals surface area contributed by atoms with E-state index in [4.69, 9.17) is 14.2 Å². The molecule has 0 atom stereocenters. The lowest BCUT2D eigenvalue weighted by Crippen LogP contribution is -2.46. The monoisotopic (exact) mass is 533 g/mol. The zero-order valence-corrected chi connectivity index (χ0v) is 23.6. The SMILES string of the molecule is CCOc1cccc(-c2cc(OC)c(CN3CCN(c4ccc(C(=O)N(CC)CC)nn4)CC3)c(OC)c2)c1. The molecule has 1 saturated heterocycles. The standard InChI is InChI=1S/C30H39N5O4/c1-6-34(7-2)30(36)26-12-13-29(32-31-26)35-16-14-33(15-17-35)21-25-27(37-4)19-23(20-28(25)38-5)22-10-9-11-24(18-22)39-8-3/h9-13,18-20H,6-8,14-17,21H2,1-5H3. The molecule has 1 aromatic heterocycles. The van der Waals surface area contributed by atoms with Crippen molar-refractivity contribution in [1.82, 2.24) is 20.0 Å². The summed E-state index contributed by atoms with van der Waals surface area (Å²) in [6, 6.07) is 15.8. The Morgan fingerprint density at radius 2 is 1.56 bits per heavy atom. The molecular weight excluding hydrogens is 494 g/mol. The second-order valence-corrected chi connectivity index (χ2v) is 9.34. The number of hydrogen-bond donors (Lipinski definition) is 0. The molecular formula is C30H39N5O4. The lowest BCUT2D eigenvalue weighted by atomic mass is 10.0. The Balaban J connectivity index is 1.43. The molecule has 0 spiro atoms. The number of amides is 1. The zero-order valence-electron chi connectivity index (χ0n) is 23.6. The Hall–Kier alpha value is -3.85. The lowest BCUT2D eigenvalue weighted by molar-refractivity contribution is 0.0766. The maximum Gasteiger partial charge on any atom is 0.274 e. The number of carbonyl (C=O) groups is 1. The molecule has 0 bridgehead atoms. The van der Waals surface area contributed by atoms with Crippen LogP contribution >= 0.6 is 0 Å². The summed E-state index contributed by atoms with van der Waals surface area (Å²) in [5, 5.41) is 8.57. The van der Waals surface area contributed by atoms with E-state index in [1.54, 1.807) is 25.2 Å². The van der Waals surface area contributed by atoms with Gasteiger partial charge < -0.3 is 24.0 Å². The van der Waals surface area contributed by atoms with Crippen LogP contribution in [0.3, 0.4) is 0 Å². The van der Waals surface area contributed by atoms with E-state index in [2.05, 4.69) is 38.2 Å². The van der Waals surface area contributed by atoms with Crippen molar-refractivity contribution in [1.29, 1.82) is 0 Å². The Morgan fingerprint density at radius 1 is 0.872 bits per heavy atom. The Kier molecular flexibility index (Phi) is 9.59. The van der Waals surface area contributed by atoms with Crippen LogP contribution < -0.4 is 19.1 Å². The molecule has 9 heteroatoms. The fourth-order valence-corrected chi connectivity index (χ4v) is 4.88. The van der Waals surface area contributed by atoms with Gasteiger partial charge in [0.1, 0.15) is 17.2 Å². The Bertz CT molecular complexity index is 1210. The predicted octanol–water partition coefficient (Wildman–Crippen LogP) is 4.36. The molecule has 1 fully saturated rings. The summed E-state index contributed by atoms with van der Waals surface area (Å²) in [6.45, 7) is 11.9. The second kappa shape index (κ2) is 13.3. The van der Waals surface area contributed by atoms with E-state index in [1.165, 1.54) is 0 Å². The Labute approximate surface area is 231 Å². The van der Waals surface area contributed by atoms with Gasteiger partial charge >= 0.3 is 0 Å². The van der Waals surface area contributed by atoms with Gasteiger partial charge in [0.25, 0.3) is 5.91 Å². The highest BCUT2D eigenvalue weighted by Gasteiger charge is 2.23. The predicted molar refractivity (Wildman–Crippen MR) is 153 cm³/mol. The molecule has 3 aromatic rings. The molecule has 1 aliphatic heterocycles. The number of ether oxygens (including phenoxy) is 3. The molecule has 1 amide bonds. The van der Waals surface area contributed by atoms with Crippen molar-refractivity contribution in [3.63, 3.8) is 0 Å². The molecule has 9 nitrogen and oxygen atoms in total. The van der Waals surface area contributed by atoms with Crippen molar-refractivity contribution >= 4 is 11.7 Å². The summed E-state index contributed by atoms with van der Waals surface area (Å²) in [7, 11) is 3.40. The van der Waals surface area contributed by atoms with Gasteiger partial charge in [0, 0.05) is 45.8 Å². The van der Waals surface area contributed by atoms with E-state index < -0.39 is 0 Å². The lowest BCUT2D eigenvalue weighted by Gasteiger charge is -2.35. The van der Waals surface area contributed by atoms with E-state index in [9.17, 15) is 4.79 Å². The van der Waals surface area contributed by atoms with E-state index in [1.807, 2.05) is 45.0 Å². The van der Waals surface area contributed by atoms with Crippen molar-refractivity contribution in [3.05, 3.63) is 59.8 Å². The first-order valence-electron chi connectivity index (χ1n) is 13.6. The smallest absolute Gasteiger partial charge is 0.274 e. The van der Waals surface area contributed by atoms with Gasteiger partial charge in [-0.25, -0.2) is 0 Å². The van der Waals surface area contributed by atoms with Gasteiger partial charge in [0.2, 0.25) is 0 Å². The van der Waals surface area contributed by atoms with E-state index in [0.29, 0.717) is 31.9 Å². The molecule has 4 rings (SSSR count). The van der Waals surface area contributed by atoms with Crippen LogP contribution in [0, 0.1) is 0 Å². The summed E-state index contributed by atoms with van der Waals surface area (Å²) in [6.07, 6.45) is 0. The van der Waals surface area contributed by atoms with Gasteiger partial charge in [-0.1, -0.05) is 12.1 Å². The summed E-state index contributed by atoms with van der Waals surface area (Å²) in [5.74, 6) is 3.14. The zero-order chi connectivity index (χ0) is 27.8. The van der Waals surface area contributed by atoms with Crippen molar-refractivity contribution in [3.8, 4) is 28.4 Å². The third-order valence-electron chi connectivity index (χ3n) is 7.08. The summed E-state index contributed by atoms with van der Waals surface area (Å²) in [4.78, 5) is 18.9. The maximum absolute atomic E-state index is 12.5. The van der Waals surface area contributed by atoms with Crippen LogP contribution in [-0.4, -0.2) is 86.0 Å².